The van der Waals surface area contributed by atoms with Gasteiger partial charge in [0.2, 0.25) is 11.0 Å². The SMILES string of the molecule is CN1C(=O)[C@@H](c2nnc(Nc3ccccc3)s2)[C@H]2C[C@]1(C)Oc1ccccc12. The number of hydrogen-bond donors (Lipinski definition) is 1. The number of benzene rings is 2. The van der Waals surface area contributed by atoms with Crippen molar-refractivity contribution in [3.8, 4) is 5.75 Å². The van der Waals surface area contributed by atoms with E-state index in [2.05, 4.69) is 21.6 Å². The molecule has 2 aliphatic heterocycles. The molecule has 0 unspecified atom stereocenters. The summed E-state index contributed by atoms with van der Waals surface area (Å²) in [5, 5.41) is 13.3. The molecule has 28 heavy (non-hydrogen) atoms. The highest BCUT2D eigenvalue weighted by atomic mass is 32.1. The molecule has 0 radical (unpaired) electrons. The number of nitrogens with zero attached hydrogens (tertiary/aromatic N) is 3. The zero-order valence-electron chi connectivity index (χ0n) is 15.6. The number of aromatic nitrogens is 2. The number of rotatable bonds is 3. The van der Waals surface area contributed by atoms with Crippen molar-refractivity contribution in [1.29, 1.82) is 0 Å². The number of para-hydroxylation sites is 2. The molecule has 3 aromatic rings. The maximum Gasteiger partial charge on any atom is 0.236 e. The second-order valence-electron chi connectivity index (χ2n) is 7.44. The number of carbonyl (C=O) groups excluding carboxylic acids is 1. The van der Waals surface area contributed by atoms with Crippen LogP contribution in [0.4, 0.5) is 10.8 Å². The van der Waals surface area contributed by atoms with Crippen molar-refractivity contribution in [1.82, 2.24) is 15.1 Å². The summed E-state index contributed by atoms with van der Waals surface area (Å²) in [6.07, 6.45) is 0.734. The molecular weight excluding hydrogens is 372 g/mol. The topological polar surface area (TPSA) is 67.4 Å². The van der Waals surface area contributed by atoms with Crippen LogP contribution in [0.1, 0.15) is 35.8 Å². The summed E-state index contributed by atoms with van der Waals surface area (Å²) >= 11 is 1.44. The standard InChI is InChI=1S/C21H20N4O2S/c1-21-12-15(14-10-6-7-11-16(14)27-21)17(19(26)25(21)2)18-23-24-20(28-18)22-13-8-4-3-5-9-13/h3-11,15,17H,12H2,1-2H3,(H,22,24)/t15-,17+,21-/m0/s1. The lowest BCUT2D eigenvalue weighted by Crippen LogP contribution is -2.60. The van der Waals surface area contributed by atoms with Crippen molar-refractivity contribution in [3.05, 3.63) is 65.2 Å². The van der Waals surface area contributed by atoms with Gasteiger partial charge >= 0.3 is 0 Å². The first-order valence-corrected chi connectivity index (χ1v) is 10.1. The van der Waals surface area contributed by atoms with Gasteiger partial charge in [-0.05, 0) is 30.7 Å². The van der Waals surface area contributed by atoms with Gasteiger partial charge in [-0.2, -0.15) is 0 Å². The molecule has 0 saturated carbocycles. The first-order valence-electron chi connectivity index (χ1n) is 9.26. The van der Waals surface area contributed by atoms with E-state index in [4.69, 9.17) is 4.74 Å². The van der Waals surface area contributed by atoms with E-state index in [1.54, 1.807) is 4.90 Å². The average Bonchev–Trinajstić information content (AvgIpc) is 3.15. The Morgan fingerprint density at radius 1 is 1.14 bits per heavy atom. The Morgan fingerprint density at radius 2 is 1.89 bits per heavy atom. The fraction of sp³-hybridized carbons (Fsp3) is 0.286. The van der Waals surface area contributed by atoms with Gasteiger partial charge in [0, 0.05) is 25.1 Å². The van der Waals surface area contributed by atoms with Crippen molar-refractivity contribution < 1.29 is 9.53 Å². The summed E-state index contributed by atoms with van der Waals surface area (Å²) in [6.45, 7) is 1.98. The number of piperidine rings is 1. The summed E-state index contributed by atoms with van der Waals surface area (Å²) < 4.78 is 6.20. The molecule has 7 heteroatoms. The predicted molar refractivity (Wildman–Crippen MR) is 108 cm³/mol. The largest absolute Gasteiger partial charge is 0.468 e. The quantitative estimate of drug-likeness (QED) is 0.726. The fourth-order valence-corrected chi connectivity index (χ4v) is 5.05. The van der Waals surface area contributed by atoms with Crippen LogP contribution >= 0.6 is 11.3 Å². The number of carbonyl (C=O) groups is 1. The Morgan fingerprint density at radius 3 is 2.71 bits per heavy atom. The molecule has 3 heterocycles. The van der Waals surface area contributed by atoms with Crippen molar-refractivity contribution in [2.24, 2.45) is 0 Å². The van der Waals surface area contributed by atoms with Crippen LogP contribution in [0, 0.1) is 0 Å². The summed E-state index contributed by atoms with van der Waals surface area (Å²) in [6, 6.07) is 17.8. The van der Waals surface area contributed by atoms with Gasteiger partial charge in [0.1, 0.15) is 10.8 Å². The van der Waals surface area contributed by atoms with Gasteiger partial charge in [-0.15, -0.1) is 10.2 Å². The van der Waals surface area contributed by atoms with Gasteiger partial charge in [0.05, 0.1) is 5.92 Å². The first-order chi connectivity index (χ1) is 13.5. The van der Waals surface area contributed by atoms with E-state index in [0.717, 1.165) is 28.4 Å². The molecule has 3 atom stereocenters. The summed E-state index contributed by atoms with van der Waals surface area (Å²) in [5.74, 6) is 0.538. The Kier molecular flexibility index (Phi) is 3.87. The minimum Gasteiger partial charge on any atom is -0.468 e. The molecule has 5 rings (SSSR count). The molecule has 1 N–H and O–H groups in total. The second kappa shape index (κ2) is 6.31. The fourth-order valence-electron chi connectivity index (χ4n) is 4.13. The normalized spacial score (nSPS) is 25.8. The molecule has 1 amide bonds. The van der Waals surface area contributed by atoms with Gasteiger partial charge in [-0.25, -0.2) is 0 Å². The third-order valence-corrected chi connectivity index (χ3v) is 6.61. The summed E-state index contributed by atoms with van der Waals surface area (Å²) in [5.41, 5.74) is 1.38. The number of ether oxygens (including phenoxy) is 1. The van der Waals surface area contributed by atoms with Crippen LogP contribution in [0.2, 0.25) is 0 Å². The monoisotopic (exact) mass is 392 g/mol. The third-order valence-electron chi connectivity index (χ3n) is 5.69. The van der Waals surface area contributed by atoms with Gasteiger partial charge < -0.3 is 15.0 Å². The third kappa shape index (κ3) is 2.65. The molecule has 2 bridgehead atoms. The lowest BCUT2D eigenvalue weighted by atomic mass is 9.74. The first kappa shape index (κ1) is 17.2. The lowest BCUT2D eigenvalue weighted by Gasteiger charge is -2.51. The van der Waals surface area contributed by atoms with Crippen LogP contribution in [0.5, 0.6) is 5.75 Å². The van der Waals surface area contributed by atoms with E-state index in [1.165, 1.54) is 11.3 Å². The molecule has 1 saturated heterocycles. The van der Waals surface area contributed by atoms with Gasteiger partial charge in [-0.3, -0.25) is 4.79 Å². The van der Waals surface area contributed by atoms with Crippen molar-refractivity contribution in [2.75, 3.05) is 12.4 Å². The van der Waals surface area contributed by atoms with Crippen LogP contribution in [0.15, 0.2) is 54.6 Å². The Labute approximate surface area is 167 Å². The van der Waals surface area contributed by atoms with Crippen LogP contribution < -0.4 is 10.1 Å². The number of amides is 1. The number of likely N-dealkylation sites (N-methyl/N-ethyl adjacent to an activating group) is 1. The van der Waals surface area contributed by atoms with Gasteiger partial charge in [-0.1, -0.05) is 47.7 Å². The van der Waals surface area contributed by atoms with E-state index < -0.39 is 5.72 Å². The molecule has 2 aliphatic rings. The molecule has 6 nitrogen and oxygen atoms in total. The minimum absolute atomic E-state index is 0.0238. The van der Waals surface area contributed by atoms with E-state index >= 15 is 0 Å². The zero-order chi connectivity index (χ0) is 19.3. The highest BCUT2D eigenvalue weighted by Gasteiger charge is 2.53. The lowest BCUT2D eigenvalue weighted by molar-refractivity contribution is -0.163. The zero-order valence-corrected chi connectivity index (χ0v) is 16.4. The van der Waals surface area contributed by atoms with Crippen LogP contribution in [0.25, 0.3) is 0 Å². The van der Waals surface area contributed by atoms with Gasteiger partial charge in [0.15, 0.2) is 5.72 Å². The smallest absolute Gasteiger partial charge is 0.236 e. The summed E-state index contributed by atoms with van der Waals surface area (Å²) in [4.78, 5) is 15.0. The highest BCUT2D eigenvalue weighted by molar-refractivity contribution is 7.15. The van der Waals surface area contributed by atoms with Gasteiger partial charge in [0.25, 0.3) is 0 Å². The average molecular weight is 392 g/mol. The molecule has 1 aromatic heterocycles. The van der Waals surface area contributed by atoms with Crippen molar-refractivity contribution in [2.45, 2.75) is 30.9 Å². The molecular formula is C21H20N4O2S. The molecule has 2 aromatic carbocycles. The predicted octanol–water partition coefficient (Wildman–Crippen LogP) is 4.12. The Bertz CT molecular complexity index is 1040. The maximum absolute atomic E-state index is 13.3. The van der Waals surface area contributed by atoms with Crippen molar-refractivity contribution in [3.63, 3.8) is 0 Å². The van der Waals surface area contributed by atoms with Crippen LogP contribution in [0.3, 0.4) is 0 Å². The van der Waals surface area contributed by atoms with E-state index in [1.807, 2.05) is 62.5 Å². The second-order valence-corrected chi connectivity index (χ2v) is 8.45. The Hall–Kier alpha value is -2.93. The van der Waals surface area contributed by atoms with Crippen LogP contribution in [-0.2, 0) is 4.79 Å². The number of hydrogen-bond acceptors (Lipinski definition) is 6. The van der Waals surface area contributed by atoms with Crippen LogP contribution in [-0.4, -0.2) is 33.8 Å². The van der Waals surface area contributed by atoms with E-state index in [0.29, 0.717) is 5.13 Å². The van der Waals surface area contributed by atoms with E-state index in [-0.39, 0.29) is 17.7 Å². The maximum atomic E-state index is 13.3. The summed E-state index contributed by atoms with van der Waals surface area (Å²) in [7, 11) is 1.81. The molecule has 0 aliphatic carbocycles. The number of fused-ring (bicyclic) bond motifs is 4. The number of anilines is 2. The molecule has 0 spiro atoms. The van der Waals surface area contributed by atoms with Crippen molar-refractivity contribution >= 4 is 28.1 Å². The highest BCUT2D eigenvalue weighted by Crippen LogP contribution is 2.53. The number of likely N-dealkylation sites (tertiary alicyclic amines) is 1. The molecule has 1 fully saturated rings. The minimum atomic E-state index is -0.636. The Balaban J connectivity index is 1.52. The molecule has 142 valence electrons. The van der Waals surface area contributed by atoms with E-state index in [9.17, 15) is 4.79 Å². The number of nitrogens with one attached hydrogen (secondary N) is 1.